The molecule has 0 bridgehead atoms. The SMILES string of the molecule is CCC(NC)c1ccc(-n2nc(C)c(Br)c2C)cc1. The van der Waals surface area contributed by atoms with Gasteiger partial charge in [-0.25, -0.2) is 4.68 Å². The third-order valence-corrected chi connectivity index (χ3v) is 4.65. The molecule has 0 saturated carbocycles. The molecule has 1 aromatic carbocycles. The molecule has 2 rings (SSSR count). The van der Waals surface area contributed by atoms with Gasteiger partial charge in [-0.1, -0.05) is 19.1 Å². The number of hydrogen-bond acceptors (Lipinski definition) is 2. The number of benzene rings is 1. The van der Waals surface area contributed by atoms with Crippen LogP contribution in [0.25, 0.3) is 5.69 Å². The Hall–Kier alpha value is -1.13. The van der Waals surface area contributed by atoms with E-state index in [1.165, 1.54) is 5.56 Å². The molecule has 0 spiro atoms. The molecule has 102 valence electrons. The summed E-state index contributed by atoms with van der Waals surface area (Å²) >= 11 is 3.56. The average Bonchev–Trinajstić information content (AvgIpc) is 2.69. The van der Waals surface area contributed by atoms with E-state index in [-0.39, 0.29) is 0 Å². The Morgan fingerprint density at radius 2 is 1.89 bits per heavy atom. The molecule has 0 fully saturated rings. The van der Waals surface area contributed by atoms with Crippen LogP contribution in [-0.2, 0) is 0 Å². The number of aromatic nitrogens is 2. The molecule has 0 aliphatic carbocycles. The molecule has 0 saturated heterocycles. The quantitative estimate of drug-likeness (QED) is 0.924. The van der Waals surface area contributed by atoms with Crippen LogP contribution in [-0.4, -0.2) is 16.8 Å². The van der Waals surface area contributed by atoms with Crippen LogP contribution in [0.4, 0.5) is 0 Å². The molecule has 0 aliphatic heterocycles. The molecular weight excluding hydrogens is 302 g/mol. The summed E-state index contributed by atoms with van der Waals surface area (Å²) in [5.74, 6) is 0. The molecule has 1 N–H and O–H groups in total. The van der Waals surface area contributed by atoms with Crippen molar-refractivity contribution in [1.82, 2.24) is 15.1 Å². The minimum absolute atomic E-state index is 0.418. The van der Waals surface area contributed by atoms with Gasteiger partial charge in [0.1, 0.15) is 0 Å². The predicted molar refractivity (Wildman–Crippen MR) is 82.8 cm³/mol. The van der Waals surface area contributed by atoms with Gasteiger partial charge in [0.25, 0.3) is 0 Å². The van der Waals surface area contributed by atoms with Gasteiger partial charge in [0.05, 0.1) is 21.5 Å². The van der Waals surface area contributed by atoms with E-state index in [2.05, 4.69) is 64.5 Å². The molecule has 3 nitrogen and oxygen atoms in total. The Morgan fingerprint density at radius 1 is 1.26 bits per heavy atom. The zero-order valence-electron chi connectivity index (χ0n) is 11.9. The van der Waals surface area contributed by atoms with Crippen molar-refractivity contribution in [1.29, 1.82) is 0 Å². The lowest BCUT2D eigenvalue weighted by molar-refractivity contribution is 0.577. The van der Waals surface area contributed by atoms with Gasteiger partial charge in [-0.05, 0) is 60.9 Å². The Bertz CT molecular complexity index is 554. The molecule has 0 radical (unpaired) electrons. The van der Waals surface area contributed by atoms with Crippen LogP contribution in [0, 0.1) is 13.8 Å². The van der Waals surface area contributed by atoms with Crippen molar-refractivity contribution in [3.8, 4) is 5.69 Å². The summed E-state index contributed by atoms with van der Waals surface area (Å²) in [7, 11) is 2.00. The first-order valence-corrected chi connectivity index (χ1v) is 7.37. The molecule has 1 unspecified atom stereocenters. The van der Waals surface area contributed by atoms with Crippen LogP contribution in [0.5, 0.6) is 0 Å². The van der Waals surface area contributed by atoms with E-state index in [4.69, 9.17) is 0 Å². The third-order valence-electron chi connectivity index (χ3n) is 3.50. The lowest BCUT2D eigenvalue weighted by atomic mass is 10.0. The van der Waals surface area contributed by atoms with Crippen LogP contribution < -0.4 is 5.32 Å². The number of nitrogens with one attached hydrogen (secondary N) is 1. The van der Waals surface area contributed by atoms with Gasteiger partial charge in [-0.2, -0.15) is 5.10 Å². The molecule has 0 amide bonds. The number of nitrogens with zero attached hydrogens (tertiary/aromatic N) is 2. The van der Waals surface area contributed by atoms with Gasteiger partial charge >= 0.3 is 0 Å². The second kappa shape index (κ2) is 5.88. The second-order valence-corrected chi connectivity index (χ2v) is 5.53. The highest BCUT2D eigenvalue weighted by atomic mass is 79.9. The molecular formula is C15H20BrN3. The molecule has 1 heterocycles. The van der Waals surface area contributed by atoms with Gasteiger partial charge < -0.3 is 5.32 Å². The van der Waals surface area contributed by atoms with E-state index in [1.54, 1.807) is 0 Å². The van der Waals surface area contributed by atoms with Crippen molar-refractivity contribution in [2.75, 3.05) is 7.05 Å². The summed E-state index contributed by atoms with van der Waals surface area (Å²) in [5.41, 5.74) is 4.56. The lowest BCUT2D eigenvalue weighted by Crippen LogP contribution is -2.15. The number of rotatable bonds is 4. The van der Waals surface area contributed by atoms with Gasteiger partial charge in [0, 0.05) is 6.04 Å². The number of halogens is 1. The zero-order valence-corrected chi connectivity index (χ0v) is 13.5. The molecule has 1 aromatic heterocycles. The first-order valence-electron chi connectivity index (χ1n) is 6.57. The fourth-order valence-electron chi connectivity index (χ4n) is 2.33. The van der Waals surface area contributed by atoms with Crippen LogP contribution in [0.2, 0.25) is 0 Å². The molecule has 19 heavy (non-hydrogen) atoms. The summed E-state index contributed by atoms with van der Waals surface area (Å²) in [4.78, 5) is 0. The fourth-order valence-corrected chi connectivity index (χ4v) is 2.58. The summed E-state index contributed by atoms with van der Waals surface area (Å²) in [5, 5.41) is 7.87. The maximum Gasteiger partial charge on any atom is 0.0743 e. The van der Waals surface area contributed by atoms with Gasteiger partial charge in [0.15, 0.2) is 0 Å². The normalized spacial score (nSPS) is 12.7. The minimum Gasteiger partial charge on any atom is -0.313 e. The number of hydrogen-bond donors (Lipinski definition) is 1. The summed E-state index contributed by atoms with van der Waals surface area (Å²) in [6.45, 7) is 6.27. The van der Waals surface area contributed by atoms with E-state index < -0.39 is 0 Å². The highest BCUT2D eigenvalue weighted by molar-refractivity contribution is 9.10. The highest BCUT2D eigenvalue weighted by Gasteiger charge is 2.11. The first-order chi connectivity index (χ1) is 9.08. The average molecular weight is 322 g/mol. The second-order valence-electron chi connectivity index (χ2n) is 4.74. The van der Waals surface area contributed by atoms with Crippen LogP contribution >= 0.6 is 15.9 Å². The molecule has 4 heteroatoms. The van der Waals surface area contributed by atoms with Crippen LogP contribution in [0.3, 0.4) is 0 Å². The van der Waals surface area contributed by atoms with Crippen molar-refractivity contribution in [3.05, 3.63) is 45.7 Å². The predicted octanol–water partition coefficient (Wildman–Crippen LogP) is 3.92. The Morgan fingerprint density at radius 3 is 2.32 bits per heavy atom. The summed E-state index contributed by atoms with van der Waals surface area (Å²) in [6.07, 6.45) is 1.08. The Labute approximate surface area is 123 Å². The van der Waals surface area contributed by atoms with Crippen molar-refractivity contribution >= 4 is 15.9 Å². The minimum atomic E-state index is 0.418. The zero-order chi connectivity index (χ0) is 14.0. The van der Waals surface area contributed by atoms with E-state index >= 15 is 0 Å². The van der Waals surface area contributed by atoms with Crippen molar-refractivity contribution in [3.63, 3.8) is 0 Å². The largest absolute Gasteiger partial charge is 0.313 e. The van der Waals surface area contributed by atoms with Gasteiger partial charge in [-0.15, -0.1) is 0 Å². The van der Waals surface area contributed by atoms with Crippen molar-refractivity contribution < 1.29 is 0 Å². The van der Waals surface area contributed by atoms with Crippen molar-refractivity contribution in [2.45, 2.75) is 33.2 Å². The Kier molecular flexibility index (Phi) is 4.42. The van der Waals surface area contributed by atoms with Crippen molar-refractivity contribution in [2.24, 2.45) is 0 Å². The van der Waals surface area contributed by atoms with Crippen LogP contribution in [0.15, 0.2) is 28.7 Å². The fraction of sp³-hybridized carbons (Fsp3) is 0.400. The number of aryl methyl sites for hydroxylation is 1. The highest BCUT2D eigenvalue weighted by Crippen LogP contribution is 2.24. The Balaban J connectivity index is 2.34. The van der Waals surface area contributed by atoms with Gasteiger partial charge in [0.2, 0.25) is 0 Å². The first kappa shape index (κ1) is 14.3. The molecule has 1 atom stereocenters. The lowest BCUT2D eigenvalue weighted by Gasteiger charge is -2.14. The maximum atomic E-state index is 4.55. The van der Waals surface area contributed by atoms with Gasteiger partial charge in [-0.3, -0.25) is 0 Å². The standard InChI is InChI=1S/C15H20BrN3/c1-5-14(17-4)12-6-8-13(9-7-12)19-11(3)15(16)10(2)18-19/h6-9,14,17H,5H2,1-4H3. The van der Waals surface area contributed by atoms with Crippen LogP contribution in [0.1, 0.15) is 36.3 Å². The molecule has 0 aliphatic rings. The smallest absolute Gasteiger partial charge is 0.0743 e. The molecule has 2 aromatic rings. The monoisotopic (exact) mass is 321 g/mol. The summed E-state index contributed by atoms with van der Waals surface area (Å²) < 4.78 is 3.06. The maximum absolute atomic E-state index is 4.55. The van der Waals surface area contributed by atoms with E-state index in [0.29, 0.717) is 6.04 Å². The van der Waals surface area contributed by atoms with E-state index in [1.807, 2.05) is 18.7 Å². The summed E-state index contributed by atoms with van der Waals surface area (Å²) in [6, 6.07) is 9.01. The topological polar surface area (TPSA) is 29.9 Å². The third kappa shape index (κ3) is 2.74. The van der Waals surface area contributed by atoms with E-state index in [0.717, 1.165) is 28.0 Å². The van der Waals surface area contributed by atoms with E-state index in [9.17, 15) is 0 Å².